The van der Waals surface area contributed by atoms with Gasteiger partial charge in [0.15, 0.2) is 11.5 Å². The number of rotatable bonds is 2. The molecule has 3 aromatic rings. The fourth-order valence-electron chi connectivity index (χ4n) is 3.72. The van der Waals surface area contributed by atoms with Crippen LogP contribution in [0.3, 0.4) is 0 Å². The van der Waals surface area contributed by atoms with Crippen LogP contribution in [0.25, 0.3) is 22.7 Å². The van der Waals surface area contributed by atoms with Crippen molar-refractivity contribution in [2.24, 2.45) is 11.8 Å². The van der Waals surface area contributed by atoms with Crippen molar-refractivity contribution in [1.82, 2.24) is 25.1 Å². The summed E-state index contributed by atoms with van der Waals surface area (Å²) in [6, 6.07) is 2.06. The van der Waals surface area contributed by atoms with E-state index in [1.807, 2.05) is 14.0 Å². The van der Waals surface area contributed by atoms with Crippen molar-refractivity contribution in [2.75, 3.05) is 12.4 Å². The summed E-state index contributed by atoms with van der Waals surface area (Å²) in [4.78, 5) is 12.6. The smallest absolute Gasteiger partial charge is 0.178 e. The van der Waals surface area contributed by atoms with Gasteiger partial charge in [-0.3, -0.25) is 5.10 Å². The molecular formula is C16H18N6. The van der Waals surface area contributed by atoms with Crippen LogP contribution >= 0.6 is 0 Å². The fraction of sp³-hybridized carbons (Fsp3) is 0.438. The summed E-state index contributed by atoms with van der Waals surface area (Å²) >= 11 is 0. The highest BCUT2D eigenvalue weighted by atomic mass is 15.2. The van der Waals surface area contributed by atoms with Gasteiger partial charge in [0.1, 0.15) is 5.69 Å². The largest absolute Gasteiger partial charge is 0.387 e. The van der Waals surface area contributed by atoms with Crippen LogP contribution in [0.1, 0.15) is 23.4 Å². The highest BCUT2D eigenvalue weighted by Gasteiger charge is 2.43. The average molecular weight is 294 g/mol. The van der Waals surface area contributed by atoms with Gasteiger partial charge in [-0.25, -0.2) is 9.97 Å². The number of nitrogens with zero attached hydrogens (tertiary/aromatic N) is 3. The molecule has 0 bridgehead atoms. The minimum atomic E-state index is 0.753. The monoisotopic (exact) mass is 294 g/mol. The number of H-pyrrole nitrogens is 2. The summed E-state index contributed by atoms with van der Waals surface area (Å²) in [5.74, 6) is 2.58. The normalized spacial score (nSPS) is 22.5. The summed E-state index contributed by atoms with van der Waals surface area (Å²) in [6.45, 7) is 1.99. The number of hydrogen-bond donors (Lipinski definition) is 3. The molecule has 0 amide bonds. The first kappa shape index (κ1) is 12.2. The van der Waals surface area contributed by atoms with Crippen molar-refractivity contribution in [2.45, 2.75) is 26.2 Å². The molecule has 22 heavy (non-hydrogen) atoms. The van der Waals surface area contributed by atoms with Crippen LogP contribution in [-0.4, -0.2) is 32.2 Å². The van der Waals surface area contributed by atoms with Gasteiger partial charge in [-0.05, 0) is 44.1 Å². The molecule has 1 fully saturated rings. The maximum absolute atomic E-state index is 4.66. The lowest BCUT2D eigenvalue weighted by Crippen LogP contribution is -2.04. The molecule has 6 nitrogen and oxygen atoms in total. The number of aromatic nitrogens is 5. The number of aromatic amines is 2. The molecule has 0 radical (unpaired) electrons. The van der Waals surface area contributed by atoms with E-state index in [0.29, 0.717) is 0 Å². The van der Waals surface area contributed by atoms with Crippen molar-refractivity contribution in [3.8, 4) is 11.5 Å². The predicted molar refractivity (Wildman–Crippen MR) is 84.8 cm³/mol. The van der Waals surface area contributed by atoms with Crippen LogP contribution in [0.2, 0.25) is 0 Å². The van der Waals surface area contributed by atoms with E-state index < -0.39 is 0 Å². The second-order valence-corrected chi connectivity index (χ2v) is 6.52. The summed E-state index contributed by atoms with van der Waals surface area (Å²) in [6.07, 6.45) is 3.65. The molecule has 112 valence electrons. The molecule has 2 aliphatic carbocycles. The van der Waals surface area contributed by atoms with Crippen molar-refractivity contribution in [3.05, 3.63) is 23.0 Å². The first-order chi connectivity index (χ1) is 10.7. The Morgan fingerprint density at radius 1 is 1.23 bits per heavy atom. The maximum Gasteiger partial charge on any atom is 0.178 e. The van der Waals surface area contributed by atoms with E-state index in [4.69, 9.17) is 0 Å². The molecule has 6 heteroatoms. The third kappa shape index (κ3) is 1.63. The van der Waals surface area contributed by atoms with E-state index in [0.717, 1.165) is 58.7 Å². The third-order valence-corrected chi connectivity index (χ3v) is 5.11. The Morgan fingerprint density at radius 3 is 2.95 bits per heavy atom. The molecule has 1 saturated carbocycles. The van der Waals surface area contributed by atoms with Crippen molar-refractivity contribution in [1.29, 1.82) is 0 Å². The molecule has 3 heterocycles. The summed E-state index contributed by atoms with van der Waals surface area (Å²) in [7, 11) is 1.91. The Hall–Kier alpha value is -2.37. The molecule has 0 aromatic carbocycles. The number of pyridine rings is 1. The number of aryl methyl sites for hydroxylation is 1. The first-order valence-electron chi connectivity index (χ1n) is 7.84. The Kier molecular flexibility index (Phi) is 2.27. The topological polar surface area (TPSA) is 82.3 Å². The second-order valence-electron chi connectivity index (χ2n) is 6.52. The summed E-state index contributed by atoms with van der Waals surface area (Å²) in [5, 5.41) is 10.9. The van der Waals surface area contributed by atoms with Crippen LogP contribution in [0, 0.1) is 18.8 Å². The Balaban J connectivity index is 1.64. The quantitative estimate of drug-likeness (QED) is 0.678. The predicted octanol–water partition coefficient (Wildman–Crippen LogP) is 2.43. The molecule has 0 aliphatic heterocycles. The second kappa shape index (κ2) is 4.09. The van der Waals surface area contributed by atoms with E-state index in [1.165, 1.54) is 17.7 Å². The molecule has 0 spiro atoms. The van der Waals surface area contributed by atoms with Crippen molar-refractivity contribution >= 4 is 16.9 Å². The summed E-state index contributed by atoms with van der Waals surface area (Å²) < 4.78 is 0. The minimum Gasteiger partial charge on any atom is -0.387 e. The first-order valence-corrected chi connectivity index (χ1v) is 7.84. The average Bonchev–Trinajstić information content (AvgIpc) is 2.96. The molecular weight excluding hydrogens is 276 g/mol. The molecule has 5 rings (SSSR count). The highest BCUT2D eigenvalue weighted by Crippen LogP contribution is 2.49. The van der Waals surface area contributed by atoms with Crippen molar-refractivity contribution < 1.29 is 0 Å². The van der Waals surface area contributed by atoms with Gasteiger partial charge >= 0.3 is 0 Å². The van der Waals surface area contributed by atoms with Gasteiger partial charge in [0, 0.05) is 18.3 Å². The van der Waals surface area contributed by atoms with E-state index in [-0.39, 0.29) is 0 Å². The zero-order valence-corrected chi connectivity index (χ0v) is 12.7. The van der Waals surface area contributed by atoms with Crippen LogP contribution < -0.4 is 5.32 Å². The number of fused-ring (bicyclic) bond motifs is 3. The fourth-order valence-corrected chi connectivity index (χ4v) is 3.72. The molecule has 3 aromatic heterocycles. The van der Waals surface area contributed by atoms with Crippen LogP contribution in [0.5, 0.6) is 0 Å². The van der Waals surface area contributed by atoms with Gasteiger partial charge in [0.2, 0.25) is 0 Å². The van der Waals surface area contributed by atoms with Crippen LogP contribution in [0.4, 0.5) is 5.69 Å². The molecule has 2 unspecified atom stereocenters. The highest BCUT2D eigenvalue weighted by molar-refractivity contribution is 5.80. The van der Waals surface area contributed by atoms with E-state index in [9.17, 15) is 0 Å². The number of hydrogen-bond acceptors (Lipinski definition) is 4. The maximum atomic E-state index is 4.66. The molecule has 2 aliphatic rings. The zero-order chi connectivity index (χ0) is 14.8. The van der Waals surface area contributed by atoms with Gasteiger partial charge in [-0.15, -0.1) is 0 Å². The number of anilines is 1. The van der Waals surface area contributed by atoms with Gasteiger partial charge in [0.25, 0.3) is 0 Å². The Morgan fingerprint density at radius 2 is 2.09 bits per heavy atom. The lowest BCUT2D eigenvalue weighted by molar-refractivity contribution is 0.639. The van der Waals surface area contributed by atoms with Gasteiger partial charge < -0.3 is 10.3 Å². The summed E-state index contributed by atoms with van der Waals surface area (Å²) in [5.41, 5.74) is 7.30. The van der Waals surface area contributed by atoms with Crippen LogP contribution in [-0.2, 0) is 12.8 Å². The van der Waals surface area contributed by atoms with Gasteiger partial charge in [0.05, 0.1) is 16.9 Å². The number of nitrogens with one attached hydrogen (secondary N) is 3. The SMILES string of the molecule is CNc1cc2[nH]c(-c3n[nH]c4c3CC3CC3C4)nc2nc1C. The Bertz CT molecular complexity index is 890. The van der Waals surface area contributed by atoms with E-state index >= 15 is 0 Å². The van der Waals surface area contributed by atoms with Gasteiger partial charge in [-0.2, -0.15) is 5.10 Å². The third-order valence-electron chi connectivity index (χ3n) is 5.11. The number of imidazole rings is 1. The zero-order valence-electron chi connectivity index (χ0n) is 12.7. The standard InChI is InChI=1S/C16H18N6/c1-7-11(17-2)6-13-15(18-7)20-16(19-13)14-10-4-8-3-9(8)5-12(10)21-22-14/h6,8-9,17H,3-5H2,1-2H3,(H,21,22)(H,18,19,20). The molecule has 0 saturated heterocycles. The Labute approximate surface area is 127 Å². The van der Waals surface area contributed by atoms with E-state index in [1.54, 1.807) is 0 Å². The lowest BCUT2D eigenvalue weighted by atomic mass is 9.96. The minimum absolute atomic E-state index is 0.753. The molecule has 3 N–H and O–H groups in total. The van der Waals surface area contributed by atoms with Crippen LogP contribution in [0.15, 0.2) is 6.07 Å². The van der Waals surface area contributed by atoms with E-state index in [2.05, 4.69) is 36.5 Å². The molecule has 2 atom stereocenters. The lowest BCUT2D eigenvalue weighted by Gasteiger charge is -2.09. The van der Waals surface area contributed by atoms with Crippen molar-refractivity contribution in [3.63, 3.8) is 0 Å². The van der Waals surface area contributed by atoms with Gasteiger partial charge in [-0.1, -0.05) is 0 Å².